The van der Waals surface area contributed by atoms with Gasteiger partial charge in [-0.25, -0.2) is 4.39 Å². The van der Waals surface area contributed by atoms with E-state index in [1.165, 1.54) is 16.7 Å². The lowest BCUT2D eigenvalue weighted by molar-refractivity contribution is 0.168. The number of benzene rings is 2. The Labute approximate surface area is 146 Å². The van der Waals surface area contributed by atoms with Crippen LogP contribution in [0.5, 0.6) is 17.4 Å². The molecule has 25 heavy (non-hydrogen) atoms. The van der Waals surface area contributed by atoms with E-state index in [4.69, 9.17) is 21.1 Å². The zero-order valence-corrected chi connectivity index (χ0v) is 13.6. The van der Waals surface area contributed by atoms with Gasteiger partial charge in [0.15, 0.2) is 17.2 Å². The summed E-state index contributed by atoms with van der Waals surface area (Å²) in [5.41, 5.74) is 0.917. The van der Waals surface area contributed by atoms with Gasteiger partial charge in [0.05, 0.1) is 12.1 Å². The minimum Gasteiger partial charge on any atom is -0.493 e. The third kappa shape index (κ3) is 2.56. The van der Waals surface area contributed by atoms with E-state index in [-0.39, 0.29) is 18.1 Å². The maximum atomic E-state index is 13.9. The Hall–Kier alpha value is -2.80. The van der Waals surface area contributed by atoms with Gasteiger partial charge in [-0.05, 0) is 29.4 Å². The highest BCUT2D eigenvalue weighted by molar-refractivity contribution is 6.31. The summed E-state index contributed by atoms with van der Waals surface area (Å²) in [5, 5.41) is 14.1. The summed E-state index contributed by atoms with van der Waals surface area (Å²) in [7, 11) is 0. The maximum Gasteiger partial charge on any atom is 0.222 e. The third-order valence-corrected chi connectivity index (χ3v) is 4.31. The number of halogens is 2. The van der Waals surface area contributed by atoms with Gasteiger partial charge < -0.3 is 19.1 Å². The first kappa shape index (κ1) is 15.7. The monoisotopic (exact) mass is 362 g/mol. The summed E-state index contributed by atoms with van der Waals surface area (Å²) >= 11 is 5.96. The zero-order chi connectivity index (χ0) is 17.6. The van der Waals surface area contributed by atoms with E-state index in [9.17, 15) is 14.4 Å². The fourth-order valence-electron chi connectivity index (χ4n) is 3.02. The van der Waals surface area contributed by atoms with E-state index in [0.717, 1.165) is 0 Å². The molecule has 4 rings (SSSR count). The van der Waals surface area contributed by atoms with Crippen molar-refractivity contribution in [3.05, 3.63) is 51.6 Å². The molecule has 0 atom stereocenters. The van der Waals surface area contributed by atoms with Crippen LogP contribution < -0.4 is 9.47 Å². The van der Waals surface area contributed by atoms with Gasteiger partial charge >= 0.3 is 0 Å². The molecule has 0 spiro atoms. The fraction of sp³-hybridized carbons (Fsp3) is 0.176. The van der Waals surface area contributed by atoms with Crippen molar-refractivity contribution in [1.29, 1.82) is 0 Å². The van der Waals surface area contributed by atoms with Crippen molar-refractivity contribution in [2.75, 3.05) is 13.2 Å². The number of hydrogen-bond acceptors (Lipinski definition) is 5. The molecule has 0 radical (unpaired) electrons. The first-order chi connectivity index (χ1) is 12.1. The van der Waals surface area contributed by atoms with E-state index < -0.39 is 5.82 Å². The highest BCUT2D eigenvalue weighted by Gasteiger charge is 2.22. The van der Waals surface area contributed by atoms with Gasteiger partial charge in [-0.15, -0.1) is 4.91 Å². The SMILES string of the molecule is O=Nc1c(O)n(Cc2cc(F)cc3c2OCCO3)c2ccc(Cl)cc12. The van der Waals surface area contributed by atoms with Crippen LogP contribution in [0.15, 0.2) is 35.5 Å². The number of nitroso groups, excluding NO2 is 1. The highest BCUT2D eigenvalue weighted by atomic mass is 35.5. The van der Waals surface area contributed by atoms with Crippen LogP contribution in [0.25, 0.3) is 10.9 Å². The van der Waals surface area contributed by atoms with Crippen LogP contribution in [-0.4, -0.2) is 22.9 Å². The standard InChI is InChI=1S/C17H12ClFN2O4/c18-10-1-2-13-12(6-10)15(20-23)17(22)21(13)8-9-5-11(19)7-14-16(9)25-4-3-24-14/h1-2,5-7,22H,3-4,8H2. The van der Waals surface area contributed by atoms with Crippen LogP contribution in [-0.2, 0) is 6.54 Å². The van der Waals surface area contributed by atoms with Crippen LogP contribution in [0.2, 0.25) is 5.02 Å². The molecule has 0 amide bonds. The van der Waals surface area contributed by atoms with E-state index >= 15 is 0 Å². The number of nitrogens with zero attached hydrogens (tertiary/aromatic N) is 2. The smallest absolute Gasteiger partial charge is 0.222 e. The van der Waals surface area contributed by atoms with Crippen LogP contribution in [0.1, 0.15) is 5.56 Å². The Morgan fingerprint density at radius 1 is 1.24 bits per heavy atom. The summed E-state index contributed by atoms with van der Waals surface area (Å²) in [6, 6.07) is 7.40. The molecule has 0 unspecified atom stereocenters. The fourth-order valence-corrected chi connectivity index (χ4v) is 3.19. The average molecular weight is 363 g/mol. The normalized spacial score (nSPS) is 13.2. The topological polar surface area (TPSA) is 73.0 Å². The minimum atomic E-state index is -0.480. The first-order valence-corrected chi connectivity index (χ1v) is 7.88. The van der Waals surface area contributed by atoms with Crippen molar-refractivity contribution in [1.82, 2.24) is 4.57 Å². The van der Waals surface area contributed by atoms with Gasteiger partial charge in [0.1, 0.15) is 19.0 Å². The molecular formula is C17H12ClFN2O4. The second-order valence-corrected chi connectivity index (χ2v) is 6.04. The Balaban J connectivity index is 1.89. The summed E-state index contributed by atoms with van der Waals surface area (Å²) in [4.78, 5) is 11.1. The lowest BCUT2D eigenvalue weighted by Gasteiger charge is -2.21. The summed E-state index contributed by atoms with van der Waals surface area (Å²) in [5.74, 6) is -0.0635. The first-order valence-electron chi connectivity index (χ1n) is 7.50. The second-order valence-electron chi connectivity index (χ2n) is 5.60. The summed E-state index contributed by atoms with van der Waals surface area (Å²) in [6.07, 6.45) is 0. The quantitative estimate of drug-likeness (QED) is 0.703. The highest BCUT2D eigenvalue weighted by Crippen LogP contribution is 2.42. The number of hydrogen-bond donors (Lipinski definition) is 1. The Morgan fingerprint density at radius 2 is 2.04 bits per heavy atom. The molecule has 1 aromatic heterocycles. The molecule has 6 nitrogen and oxygen atoms in total. The van der Waals surface area contributed by atoms with Gasteiger partial charge in [0.2, 0.25) is 5.88 Å². The van der Waals surface area contributed by atoms with Crippen LogP contribution >= 0.6 is 11.6 Å². The van der Waals surface area contributed by atoms with Gasteiger partial charge in [-0.3, -0.25) is 0 Å². The molecule has 128 valence electrons. The van der Waals surface area contributed by atoms with Crippen molar-refractivity contribution >= 4 is 28.2 Å². The van der Waals surface area contributed by atoms with E-state index in [0.29, 0.717) is 46.2 Å². The molecule has 3 aromatic rings. The Kier molecular flexibility index (Phi) is 3.73. The lowest BCUT2D eigenvalue weighted by atomic mass is 10.1. The van der Waals surface area contributed by atoms with Crippen molar-refractivity contribution in [2.24, 2.45) is 5.18 Å². The van der Waals surface area contributed by atoms with Crippen molar-refractivity contribution in [3.63, 3.8) is 0 Å². The summed E-state index contributed by atoms with van der Waals surface area (Å²) < 4.78 is 26.4. The minimum absolute atomic E-state index is 0.0724. The van der Waals surface area contributed by atoms with Gasteiger partial charge in [0.25, 0.3) is 0 Å². The summed E-state index contributed by atoms with van der Waals surface area (Å²) in [6.45, 7) is 0.759. The molecule has 0 fully saturated rings. The Morgan fingerprint density at radius 3 is 2.84 bits per heavy atom. The van der Waals surface area contributed by atoms with E-state index in [1.54, 1.807) is 18.2 Å². The number of ether oxygens (including phenoxy) is 2. The third-order valence-electron chi connectivity index (χ3n) is 4.08. The molecule has 1 N–H and O–H groups in total. The predicted molar refractivity (Wildman–Crippen MR) is 90.6 cm³/mol. The number of aromatic hydroxyl groups is 1. The number of aromatic nitrogens is 1. The molecule has 0 saturated heterocycles. The van der Waals surface area contributed by atoms with E-state index in [2.05, 4.69) is 5.18 Å². The molecule has 0 saturated carbocycles. The number of rotatable bonds is 3. The largest absolute Gasteiger partial charge is 0.493 e. The number of fused-ring (bicyclic) bond motifs is 2. The average Bonchev–Trinajstić information content (AvgIpc) is 2.85. The molecule has 1 aliphatic rings. The van der Waals surface area contributed by atoms with Crippen LogP contribution in [0.3, 0.4) is 0 Å². The molecule has 1 aliphatic heterocycles. The van der Waals surface area contributed by atoms with Gasteiger partial charge in [0, 0.05) is 22.0 Å². The van der Waals surface area contributed by atoms with Crippen molar-refractivity contribution in [3.8, 4) is 17.4 Å². The van der Waals surface area contributed by atoms with Crippen molar-refractivity contribution < 1.29 is 19.0 Å². The molecule has 2 heterocycles. The maximum absolute atomic E-state index is 13.9. The predicted octanol–water partition coefficient (Wildman–Crippen LogP) is 4.36. The van der Waals surface area contributed by atoms with Crippen molar-refractivity contribution in [2.45, 2.75) is 6.54 Å². The van der Waals surface area contributed by atoms with E-state index in [1.807, 2.05) is 0 Å². The van der Waals surface area contributed by atoms with Crippen LogP contribution in [0.4, 0.5) is 10.1 Å². The zero-order valence-electron chi connectivity index (χ0n) is 12.8. The second kappa shape index (κ2) is 5.93. The van der Waals surface area contributed by atoms with Crippen LogP contribution in [0, 0.1) is 10.7 Å². The molecule has 8 heteroatoms. The Bertz CT molecular complexity index is 1000. The molecule has 0 bridgehead atoms. The molecule has 2 aromatic carbocycles. The lowest BCUT2D eigenvalue weighted by Crippen LogP contribution is -2.17. The molecule has 0 aliphatic carbocycles. The van der Waals surface area contributed by atoms with Gasteiger partial charge in [-0.2, -0.15) is 0 Å². The molecular weight excluding hydrogens is 351 g/mol. The van der Waals surface area contributed by atoms with Gasteiger partial charge in [-0.1, -0.05) is 11.6 Å².